The van der Waals surface area contributed by atoms with Gasteiger partial charge in [-0.05, 0) is 24.3 Å². The van der Waals surface area contributed by atoms with Gasteiger partial charge in [0.15, 0.2) is 0 Å². The molecule has 1 aromatic heterocycles. The number of halogens is 2. The zero-order valence-corrected chi connectivity index (χ0v) is 11.7. The lowest BCUT2D eigenvalue weighted by Gasteiger charge is -2.10. The van der Waals surface area contributed by atoms with Gasteiger partial charge in [-0.25, -0.2) is 9.07 Å². The molecule has 1 heterocycles. The molecule has 2 aromatic carbocycles. The summed E-state index contributed by atoms with van der Waals surface area (Å²) in [6.07, 6.45) is 2.34. The highest BCUT2D eigenvalue weighted by Crippen LogP contribution is 2.28. The van der Waals surface area contributed by atoms with Crippen LogP contribution in [0.25, 0.3) is 5.69 Å². The topological polar surface area (TPSA) is 38.1 Å². The van der Waals surface area contributed by atoms with Crippen LogP contribution < -0.4 is 0 Å². The first-order valence-corrected chi connectivity index (χ1v) is 6.76. The van der Waals surface area contributed by atoms with Gasteiger partial charge in [0.1, 0.15) is 11.9 Å². The van der Waals surface area contributed by atoms with Crippen molar-refractivity contribution in [3.8, 4) is 5.69 Å². The molecule has 3 rings (SSSR count). The molecule has 0 amide bonds. The molecule has 1 N–H and O–H groups in total. The molecule has 0 saturated heterocycles. The molecule has 0 fully saturated rings. The van der Waals surface area contributed by atoms with Crippen molar-refractivity contribution in [3.05, 3.63) is 82.9 Å². The first kappa shape index (κ1) is 13.8. The van der Waals surface area contributed by atoms with E-state index in [1.807, 2.05) is 30.3 Å². The van der Waals surface area contributed by atoms with Crippen molar-refractivity contribution in [1.29, 1.82) is 0 Å². The van der Waals surface area contributed by atoms with Crippen LogP contribution in [0.15, 0.2) is 60.9 Å². The van der Waals surface area contributed by atoms with Crippen molar-refractivity contribution in [2.45, 2.75) is 6.10 Å². The lowest BCUT2D eigenvalue weighted by Crippen LogP contribution is -2.00. The van der Waals surface area contributed by atoms with Crippen molar-refractivity contribution in [2.24, 2.45) is 0 Å². The van der Waals surface area contributed by atoms with Gasteiger partial charge in [0.25, 0.3) is 0 Å². The summed E-state index contributed by atoms with van der Waals surface area (Å²) in [5.41, 5.74) is 1.93. The summed E-state index contributed by atoms with van der Waals surface area (Å²) in [7, 11) is 0. The standard InChI is InChI=1S/C16H12ClFN2O/c17-15-8-12(18)6-7-14(15)16(21)11-9-19-20(10-11)13-4-2-1-3-5-13/h1-10,16,21H. The lowest BCUT2D eigenvalue weighted by molar-refractivity contribution is 0.220. The number of aliphatic hydroxyl groups excluding tert-OH is 1. The van der Waals surface area contributed by atoms with E-state index in [1.54, 1.807) is 17.1 Å². The summed E-state index contributed by atoms with van der Waals surface area (Å²) >= 11 is 5.97. The minimum absolute atomic E-state index is 0.190. The van der Waals surface area contributed by atoms with E-state index < -0.39 is 11.9 Å². The predicted molar refractivity (Wildman–Crippen MR) is 79.0 cm³/mol. The third kappa shape index (κ3) is 2.82. The van der Waals surface area contributed by atoms with Gasteiger partial charge in [-0.15, -0.1) is 0 Å². The Labute approximate surface area is 126 Å². The number of hydrogen-bond acceptors (Lipinski definition) is 2. The number of nitrogens with zero attached hydrogens (tertiary/aromatic N) is 2. The fourth-order valence-electron chi connectivity index (χ4n) is 2.10. The second kappa shape index (κ2) is 5.68. The largest absolute Gasteiger partial charge is 0.383 e. The Bertz CT molecular complexity index is 758. The van der Waals surface area contributed by atoms with Crippen molar-refractivity contribution in [1.82, 2.24) is 9.78 Å². The lowest BCUT2D eigenvalue weighted by atomic mass is 10.0. The average molecular weight is 303 g/mol. The van der Waals surface area contributed by atoms with Gasteiger partial charge in [-0.2, -0.15) is 5.10 Å². The molecule has 0 aliphatic heterocycles. The van der Waals surface area contributed by atoms with Crippen LogP contribution in [0.4, 0.5) is 4.39 Å². The minimum atomic E-state index is -0.949. The molecule has 0 aliphatic carbocycles. The van der Waals surface area contributed by atoms with E-state index in [9.17, 15) is 9.50 Å². The number of hydrogen-bond donors (Lipinski definition) is 1. The molecule has 0 radical (unpaired) electrons. The summed E-state index contributed by atoms with van der Waals surface area (Å²) in [6, 6.07) is 13.5. The predicted octanol–water partition coefficient (Wildman–Crippen LogP) is 3.75. The molecule has 0 saturated carbocycles. The van der Waals surface area contributed by atoms with E-state index in [0.717, 1.165) is 5.69 Å². The molecule has 0 aliphatic rings. The normalized spacial score (nSPS) is 12.3. The van der Waals surface area contributed by atoms with E-state index in [2.05, 4.69) is 5.10 Å². The fourth-order valence-corrected chi connectivity index (χ4v) is 2.37. The summed E-state index contributed by atoms with van der Waals surface area (Å²) in [5, 5.41) is 14.8. The van der Waals surface area contributed by atoms with Crippen LogP contribution in [0.1, 0.15) is 17.2 Å². The summed E-state index contributed by atoms with van der Waals surface area (Å²) in [5.74, 6) is -0.434. The van der Waals surface area contributed by atoms with Crippen molar-refractivity contribution < 1.29 is 9.50 Å². The van der Waals surface area contributed by atoms with Crippen molar-refractivity contribution >= 4 is 11.6 Å². The summed E-state index contributed by atoms with van der Waals surface area (Å²) in [4.78, 5) is 0. The highest BCUT2D eigenvalue weighted by atomic mass is 35.5. The quantitative estimate of drug-likeness (QED) is 0.800. The monoisotopic (exact) mass is 302 g/mol. The van der Waals surface area contributed by atoms with Crippen LogP contribution in [0.5, 0.6) is 0 Å². The second-order valence-electron chi connectivity index (χ2n) is 4.62. The minimum Gasteiger partial charge on any atom is -0.383 e. The summed E-state index contributed by atoms with van der Waals surface area (Å²) < 4.78 is 14.7. The summed E-state index contributed by atoms with van der Waals surface area (Å²) in [6.45, 7) is 0. The van der Waals surface area contributed by atoms with E-state index in [0.29, 0.717) is 11.1 Å². The maximum absolute atomic E-state index is 13.1. The van der Waals surface area contributed by atoms with E-state index >= 15 is 0 Å². The Hall–Kier alpha value is -2.17. The molecule has 21 heavy (non-hydrogen) atoms. The molecule has 3 nitrogen and oxygen atoms in total. The zero-order chi connectivity index (χ0) is 14.8. The van der Waals surface area contributed by atoms with Crippen molar-refractivity contribution in [3.63, 3.8) is 0 Å². The first-order valence-electron chi connectivity index (χ1n) is 6.38. The molecule has 0 bridgehead atoms. The maximum atomic E-state index is 13.1. The van der Waals surface area contributed by atoms with Gasteiger partial charge in [0, 0.05) is 22.3 Å². The Morgan fingerprint density at radius 2 is 1.90 bits per heavy atom. The SMILES string of the molecule is OC(c1cnn(-c2ccccc2)c1)c1ccc(F)cc1Cl. The van der Waals surface area contributed by atoms with Gasteiger partial charge in [-0.3, -0.25) is 0 Å². The van der Waals surface area contributed by atoms with Gasteiger partial charge < -0.3 is 5.11 Å². The molecule has 1 atom stereocenters. The maximum Gasteiger partial charge on any atom is 0.124 e. The van der Waals surface area contributed by atoms with Crippen LogP contribution in [0.3, 0.4) is 0 Å². The van der Waals surface area contributed by atoms with Crippen LogP contribution in [0, 0.1) is 5.82 Å². The van der Waals surface area contributed by atoms with Gasteiger partial charge in [0.2, 0.25) is 0 Å². The van der Waals surface area contributed by atoms with E-state index in [1.165, 1.54) is 18.2 Å². The Morgan fingerprint density at radius 1 is 1.14 bits per heavy atom. The van der Waals surface area contributed by atoms with Crippen molar-refractivity contribution in [2.75, 3.05) is 0 Å². The third-order valence-electron chi connectivity index (χ3n) is 3.20. The van der Waals surface area contributed by atoms with Gasteiger partial charge in [-0.1, -0.05) is 35.9 Å². The molecule has 1 unspecified atom stereocenters. The molecular formula is C16H12ClFN2O. The van der Waals surface area contributed by atoms with Crippen LogP contribution in [0.2, 0.25) is 5.02 Å². The number of benzene rings is 2. The fraction of sp³-hybridized carbons (Fsp3) is 0.0625. The molecule has 0 spiro atoms. The molecule has 3 aromatic rings. The zero-order valence-electron chi connectivity index (χ0n) is 10.9. The Kier molecular flexibility index (Phi) is 3.73. The highest BCUT2D eigenvalue weighted by Gasteiger charge is 2.16. The molecular weight excluding hydrogens is 291 g/mol. The number of para-hydroxylation sites is 1. The molecule has 106 valence electrons. The second-order valence-corrected chi connectivity index (χ2v) is 5.03. The number of aliphatic hydroxyl groups is 1. The van der Waals surface area contributed by atoms with Crippen LogP contribution in [-0.4, -0.2) is 14.9 Å². The highest BCUT2D eigenvalue weighted by molar-refractivity contribution is 6.31. The number of aromatic nitrogens is 2. The number of rotatable bonds is 3. The van der Waals surface area contributed by atoms with E-state index in [4.69, 9.17) is 11.6 Å². The van der Waals surface area contributed by atoms with Crippen LogP contribution in [-0.2, 0) is 0 Å². The van der Waals surface area contributed by atoms with E-state index in [-0.39, 0.29) is 5.02 Å². The smallest absolute Gasteiger partial charge is 0.124 e. The van der Waals surface area contributed by atoms with Gasteiger partial charge in [0.05, 0.1) is 11.9 Å². The average Bonchev–Trinajstić information content (AvgIpc) is 2.97. The third-order valence-corrected chi connectivity index (χ3v) is 3.52. The van der Waals surface area contributed by atoms with Crippen LogP contribution >= 0.6 is 11.6 Å². The first-order chi connectivity index (χ1) is 10.1. The van der Waals surface area contributed by atoms with Gasteiger partial charge >= 0.3 is 0 Å². The Morgan fingerprint density at radius 3 is 2.62 bits per heavy atom. The molecule has 5 heteroatoms. The Balaban J connectivity index is 1.92.